The van der Waals surface area contributed by atoms with E-state index in [2.05, 4.69) is 36.4 Å². The first-order valence-corrected chi connectivity index (χ1v) is 8.29. The number of benzene rings is 2. The van der Waals surface area contributed by atoms with Gasteiger partial charge in [0.2, 0.25) is 5.82 Å². The fourth-order valence-electron chi connectivity index (χ4n) is 2.43. The van der Waals surface area contributed by atoms with Crippen LogP contribution in [0.4, 0.5) is 5.82 Å². The van der Waals surface area contributed by atoms with E-state index in [0.29, 0.717) is 17.3 Å². The van der Waals surface area contributed by atoms with Crippen molar-refractivity contribution in [3.8, 4) is 28.7 Å². The van der Waals surface area contributed by atoms with Crippen LogP contribution in [-0.2, 0) is 0 Å². The van der Waals surface area contributed by atoms with E-state index >= 15 is 0 Å². The van der Waals surface area contributed by atoms with Gasteiger partial charge in [0.25, 0.3) is 5.89 Å². The summed E-state index contributed by atoms with van der Waals surface area (Å²) >= 11 is 3.40. The second-order valence-electron chi connectivity index (χ2n) is 5.50. The third kappa shape index (κ3) is 2.91. The molecule has 4 rings (SSSR count). The van der Waals surface area contributed by atoms with Gasteiger partial charge in [-0.1, -0.05) is 38.4 Å². The lowest BCUT2D eigenvalue weighted by Crippen LogP contribution is -2.02. The standard InChI is InChI=1S/C17H13BrN6O/c1-10-3-2-4-13(9-10)24-15(19)14(21-23-24)17-20-16(22-25-17)11-5-7-12(18)8-6-11/h2-9H,19H2,1H3. The van der Waals surface area contributed by atoms with Crippen LogP contribution in [0.5, 0.6) is 0 Å². The highest BCUT2D eigenvalue weighted by Gasteiger charge is 2.19. The highest BCUT2D eigenvalue weighted by molar-refractivity contribution is 9.10. The molecule has 2 aromatic heterocycles. The minimum absolute atomic E-state index is 0.231. The van der Waals surface area contributed by atoms with Gasteiger partial charge in [0.05, 0.1) is 5.69 Å². The SMILES string of the molecule is Cc1cccc(-n2nnc(-c3nc(-c4ccc(Br)cc4)no3)c2N)c1. The molecule has 124 valence electrons. The predicted molar refractivity (Wildman–Crippen MR) is 96.9 cm³/mol. The lowest BCUT2D eigenvalue weighted by molar-refractivity contribution is 0.431. The Labute approximate surface area is 151 Å². The third-order valence-corrected chi connectivity index (χ3v) is 4.21. The number of halogens is 1. The zero-order valence-corrected chi connectivity index (χ0v) is 14.8. The van der Waals surface area contributed by atoms with E-state index < -0.39 is 0 Å². The van der Waals surface area contributed by atoms with Gasteiger partial charge in [-0.25, -0.2) is 0 Å². The highest BCUT2D eigenvalue weighted by Crippen LogP contribution is 2.27. The first-order chi connectivity index (χ1) is 12.1. The summed E-state index contributed by atoms with van der Waals surface area (Å²) in [5.74, 6) is 1.04. The number of nitrogens with two attached hydrogens (primary N) is 1. The number of hydrogen-bond donors (Lipinski definition) is 1. The van der Waals surface area contributed by atoms with Crippen LogP contribution in [-0.4, -0.2) is 25.1 Å². The number of aromatic nitrogens is 5. The zero-order valence-electron chi connectivity index (χ0n) is 13.2. The first-order valence-electron chi connectivity index (χ1n) is 7.50. The molecule has 0 saturated carbocycles. The van der Waals surface area contributed by atoms with Crippen molar-refractivity contribution < 1.29 is 4.52 Å². The number of aryl methyl sites for hydroxylation is 1. The molecule has 0 spiro atoms. The monoisotopic (exact) mass is 396 g/mol. The fraction of sp³-hybridized carbons (Fsp3) is 0.0588. The molecule has 2 heterocycles. The van der Waals surface area contributed by atoms with Gasteiger partial charge in [-0.15, -0.1) is 5.10 Å². The van der Waals surface area contributed by atoms with Crippen molar-refractivity contribution in [1.82, 2.24) is 25.1 Å². The molecule has 0 aliphatic carbocycles. The Morgan fingerprint density at radius 3 is 2.68 bits per heavy atom. The first kappa shape index (κ1) is 15.5. The molecule has 0 amide bonds. The molecule has 2 N–H and O–H groups in total. The quantitative estimate of drug-likeness (QED) is 0.567. The molecule has 4 aromatic rings. The Bertz CT molecular complexity index is 1040. The molecular formula is C17H13BrN6O. The van der Waals surface area contributed by atoms with Crippen LogP contribution in [0.25, 0.3) is 28.7 Å². The molecule has 2 aromatic carbocycles. The van der Waals surface area contributed by atoms with Crippen LogP contribution in [0, 0.1) is 6.92 Å². The summed E-state index contributed by atoms with van der Waals surface area (Å²) in [6, 6.07) is 15.4. The van der Waals surface area contributed by atoms with Crippen molar-refractivity contribution in [1.29, 1.82) is 0 Å². The van der Waals surface area contributed by atoms with E-state index in [9.17, 15) is 0 Å². The van der Waals surface area contributed by atoms with Gasteiger partial charge < -0.3 is 10.3 Å². The maximum atomic E-state index is 6.19. The number of nitrogens with zero attached hydrogens (tertiary/aromatic N) is 5. The number of nitrogen functional groups attached to an aromatic ring is 1. The zero-order chi connectivity index (χ0) is 17.4. The lowest BCUT2D eigenvalue weighted by Gasteiger charge is -2.03. The van der Waals surface area contributed by atoms with Crippen molar-refractivity contribution in [2.45, 2.75) is 6.92 Å². The van der Waals surface area contributed by atoms with Crippen molar-refractivity contribution in [3.05, 3.63) is 58.6 Å². The van der Waals surface area contributed by atoms with E-state index in [1.54, 1.807) is 4.68 Å². The van der Waals surface area contributed by atoms with E-state index in [0.717, 1.165) is 21.3 Å². The molecule has 0 aliphatic rings. The van der Waals surface area contributed by atoms with E-state index in [-0.39, 0.29) is 5.89 Å². The van der Waals surface area contributed by atoms with Gasteiger partial charge in [-0.05, 0) is 48.9 Å². The second-order valence-corrected chi connectivity index (χ2v) is 6.42. The molecule has 0 bridgehead atoms. The van der Waals surface area contributed by atoms with Crippen molar-refractivity contribution in [3.63, 3.8) is 0 Å². The summed E-state index contributed by atoms with van der Waals surface area (Å²) in [7, 11) is 0. The fourth-order valence-corrected chi connectivity index (χ4v) is 2.69. The third-order valence-electron chi connectivity index (χ3n) is 3.68. The maximum Gasteiger partial charge on any atom is 0.282 e. The summed E-state index contributed by atoms with van der Waals surface area (Å²) in [6.07, 6.45) is 0. The Balaban J connectivity index is 1.71. The summed E-state index contributed by atoms with van der Waals surface area (Å²) < 4.78 is 7.85. The number of anilines is 1. The summed E-state index contributed by atoms with van der Waals surface area (Å²) in [5, 5.41) is 12.2. The highest BCUT2D eigenvalue weighted by atomic mass is 79.9. The smallest absolute Gasteiger partial charge is 0.282 e. The maximum absolute atomic E-state index is 6.19. The summed E-state index contributed by atoms with van der Waals surface area (Å²) in [4.78, 5) is 4.38. The topological polar surface area (TPSA) is 95.6 Å². The Morgan fingerprint density at radius 2 is 1.92 bits per heavy atom. The molecule has 0 unspecified atom stereocenters. The Morgan fingerprint density at radius 1 is 1.12 bits per heavy atom. The predicted octanol–water partition coefficient (Wildman–Crippen LogP) is 3.64. The minimum Gasteiger partial charge on any atom is -0.382 e. The molecule has 8 heteroatoms. The molecular weight excluding hydrogens is 384 g/mol. The summed E-state index contributed by atoms with van der Waals surface area (Å²) in [6.45, 7) is 2.00. The number of rotatable bonds is 3. The molecule has 0 aliphatic heterocycles. The van der Waals surface area contributed by atoms with Gasteiger partial charge in [-0.2, -0.15) is 9.67 Å². The van der Waals surface area contributed by atoms with Crippen LogP contribution in [0.1, 0.15) is 5.56 Å². The van der Waals surface area contributed by atoms with E-state index in [1.165, 1.54) is 0 Å². The normalized spacial score (nSPS) is 11.0. The van der Waals surface area contributed by atoms with Crippen molar-refractivity contribution >= 4 is 21.7 Å². The largest absolute Gasteiger partial charge is 0.382 e. The van der Waals surface area contributed by atoms with Gasteiger partial charge in [-0.3, -0.25) is 0 Å². The average Bonchev–Trinajstić information content (AvgIpc) is 3.22. The number of hydrogen-bond acceptors (Lipinski definition) is 6. The van der Waals surface area contributed by atoms with Gasteiger partial charge in [0.15, 0.2) is 11.5 Å². The van der Waals surface area contributed by atoms with E-state index in [4.69, 9.17) is 10.3 Å². The molecule has 25 heavy (non-hydrogen) atoms. The van der Waals surface area contributed by atoms with Crippen LogP contribution >= 0.6 is 15.9 Å². The second kappa shape index (κ2) is 6.14. The average molecular weight is 397 g/mol. The van der Waals surface area contributed by atoms with Crippen molar-refractivity contribution in [2.24, 2.45) is 0 Å². The van der Waals surface area contributed by atoms with E-state index in [1.807, 2.05) is 55.5 Å². The molecule has 0 atom stereocenters. The Kier molecular flexibility index (Phi) is 3.81. The molecule has 0 radical (unpaired) electrons. The van der Waals surface area contributed by atoms with Crippen LogP contribution in [0.15, 0.2) is 57.5 Å². The lowest BCUT2D eigenvalue weighted by atomic mass is 10.2. The minimum atomic E-state index is 0.231. The van der Waals surface area contributed by atoms with Crippen LogP contribution < -0.4 is 5.73 Å². The molecule has 0 fully saturated rings. The van der Waals surface area contributed by atoms with Crippen molar-refractivity contribution in [2.75, 3.05) is 5.73 Å². The van der Waals surface area contributed by atoms with Gasteiger partial charge >= 0.3 is 0 Å². The van der Waals surface area contributed by atoms with Gasteiger partial charge in [0, 0.05) is 10.0 Å². The molecule has 7 nitrogen and oxygen atoms in total. The van der Waals surface area contributed by atoms with Crippen LogP contribution in [0.3, 0.4) is 0 Å². The Hall–Kier alpha value is -3.00. The summed E-state index contributed by atoms with van der Waals surface area (Å²) in [5.41, 5.74) is 9.31. The van der Waals surface area contributed by atoms with Crippen LogP contribution in [0.2, 0.25) is 0 Å². The van der Waals surface area contributed by atoms with Gasteiger partial charge in [0.1, 0.15) is 0 Å². The molecule has 0 saturated heterocycles.